The normalized spacial score (nSPS) is 10.2. The van der Waals surface area contributed by atoms with E-state index in [0.29, 0.717) is 11.4 Å². The number of carbonyl (C=O) groups excluding carboxylic acids is 2. The van der Waals surface area contributed by atoms with E-state index in [1.165, 1.54) is 37.6 Å². The number of amides is 1. The van der Waals surface area contributed by atoms with Crippen LogP contribution in [-0.4, -0.2) is 24.0 Å². The smallest absolute Gasteiger partial charge is 0.337 e. The van der Waals surface area contributed by atoms with E-state index in [1.807, 2.05) is 0 Å². The van der Waals surface area contributed by atoms with Crippen molar-refractivity contribution < 1.29 is 23.1 Å². The number of ether oxygens (including phenoxy) is 1. The van der Waals surface area contributed by atoms with Crippen LogP contribution in [0.1, 0.15) is 20.8 Å². The molecule has 3 aromatic rings. The second-order valence-corrected chi connectivity index (χ2v) is 5.71. The van der Waals surface area contributed by atoms with Gasteiger partial charge in [0.1, 0.15) is 17.3 Å². The van der Waals surface area contributed by atoms with Crippen LogP contribution >= 0.6 is 0 Å². The average Bonchev–Trinajstić information content (AvgIpc) is 2.70. The zero-order valence-corrected chi connectivity index (χ0v) is 14.7. The molecule has 0 fully saturated rings. The van der Waals surface area contributed by atoms with Crippen LogP contribution in [0.3, 0.4) is 0 Å². The first-order valence-corrected chi connectivity index (χ1v) is 8.14. The Balaban J connectivity index is 1.76. The largest absolute Gasteiger partial charge is 0.465 e. The van der Waals surface area contributed by atoms with Crippen LogP contribution in [0, 0.1) is 11.6 Å². The highest BCUT2D eigenvalue weighted by atomic mass is 19.1. The number of esters is 1. The van der Waals surface area contributed by atoms with E-state index in [9.17, 15) is 18.4 Å². The van der Waals surface area contributed by atoms with Gasteiger partial charge in [0.15, 0.2) is 0 Å². The molecule has 0 atom stereocenters. The van der Waals surface area contributed by atoms with Crippen molar-refractivity contribution in [1.82, 2.24) is 4.98 Å². The lowest BCUT2D eigenvalue weighted by Crippen LogP contribution is -2.14. The van der Waals surface area contributed by atoms with Crippen LogP contribution in [0.15, 0.2) is 60.8 Å². The second-order valence-electron chi connectivity index (χ2n) is 5.71. The first kappa shape index (κ1) is 19.0. The fourth-order valence-corrected chi connectivity index (χ4v) is 2.42. The van der Waals surface area contributed by atoms with Gasteiger partial charge in [-0.05, 0) is 42.5 Å². The van der Waals surface area contributed by atoms with Crippen LogP contribution in [0.25, 0.3) is 0 Å². The minimum Gasteiger partial charge on any atom is -0.465 e. The third-order valence-electron chi connectivity index (χ3n) is 3.74. The molecular weight excluding hydrogens is 368 g/mol. The fourth-order valence-electron chi connectivity index (χ4n) is 2.42. The van der Waals surface area contributed by atoms with Crippen molar-refractivity contribution in [3.63, 3.8) is 0 Å². The monoisotopic (exact) mass is 383 g/mol. The predicted octanol–water partition coefficient (Wildman–Crippen LogP) is 4.14. The maximum absolute atomic E-state index is 13.8. The molecule has 28 heavy (non-hydrogen) atoms. The van der Waals surface area contributed by atoms with Gasteiger partial charge in [0, 0.05) is 23.6 Å². The number of hydrogen-bond acceptors (Lipinski definition) is 5. The molecule has 0 aliphatic rings. The Bertz CT molecular complexity index is 1040. The van der Waals surface area contributed by atoms with Crippen LogP contribution in [0.2, 0.25) is 0 Å². The summed E-state index contributed by atoms with van der Waals surface area (Å²) in [6.45, 7) is 0. The highest BCUT2D eigenvalue weighted by Crippen LogP contribution is 2.21. The molecule has 2 aromatic carbocycles. The second kappa shape index (κ2) is 8.26. The first-order valence-electron chi connectivity index (χ1n) is 8.14. The van der Waals surface area contributed by atoms with Crippen molar-refractivity contribution in [1.29, 1.82) is 0 Å². The third-order valence-corrected chi connectivity index (χ3v) is 3.74. The molecule has 2 N–H and O–H groups in total. The number of halogens is 2. The third kappa shape index (κ3) is 4.47. The van der Waals surface area contributed by atoms with Crippen molar-refractivity contribution in [2.24, 2.45) is 0 Å². The molecule has 0 unspecified atom stereocenters. The number of hydrogen-bond donors (Lipinski definition) is 2. The van der Waals surface area contributed by atoms with Crippen LogP contribution in [0.5, 0.6) is 0 Å². The Morgan fingerprint density at radius 3 is 2.57 bits per heavy atom. The molecular formula is C20H15F2N3O3. The SMILES string of the molecule is COC(=O)c1cccc(NC(=O)c2cc(Nc3ccc(F)cc3F)ccn2)c1. The molecule has 0 radical (unpaired) electrons. The van der Waals surface area contributed by atoms with E-state index in [2.05, 4.69) is 20.4 Å². The molecule has 0 spiro atoms. The first-order chi connectivity index (χ1) is 13.5. The molecule has 0 saturated heterocycles. The zero-order chi connectivity index (χ0) is 20.1. The van der Waals surface area contributed by atoms with E-state index >= 15 is 0 Å². The summed E-state index contributed by atoms with van der Waals surface area (Å²) in [5.74, 6) is -2.50. The molecule has 0 aliphatic heterocycles. The molecule has 1 amide bonds. The molecule has 8 heteroatoms. The number of anilines is 3. The number of benzene rings is 2. The Labute approximate surface area is 159 Å². The lowest BCUT2D eigenvalue weighted by atomic mass is 10.2. The zero-order valence-electron chi connectivity index (χ0n) is 14.7. The van der Waals surface area contributed by atoms with Crippen molar-refractivity contribution in [2.45, 2.75) is 0 Å². The standard InChI is InChI=1S/C20H15F2N3O3/c1-28-20(27)12-3-2-4-14(9-12)25-19(26)18-11-15(7-8-23-18)24-17-6-5-13(21)10-16(17)22/h2-11H,1H3,(H,23,24)(H,25,26). The van der Waals surface area contributed by atoms with E-state index in [0.717, 1.165) is 12.1 Å². The van der Waals surface area contributed by atoms with Gasteiger partial charge in [-0.2, -0.15) is 0 Å². The van der Waals surface area contributed by atoms with E-state index in [4.69, 9.17) is 0 Å². The van der Waals surface area contributed by atoms with E-state index in [1.54, 1.807) is 18.2 Å². The van der Waals surface area contributed by atoms with Crippen molar-refractivity contribution in [2.75, 3.05) is 17.7 Å². The lowest BCUT2D eigenvalue weighted by Gasteiger charge is -2.10. The lowest BCUT2D eigenvalue weighted by molar-refractivity contribution is 0.0600. The van der Waals surface area contributed by atoms with Crippen molar-refractivity contribution in [3.05, 3.63) is 83.7 Å². The minimum atomic E-state index is -0.762. The van der Waals surface area contributed by atoms with Crippen molar-refractivity contribution >= 4 is 28.9 Å². The summed E-state index contributed by atoms with van der Waals surface area (Å²) in [6.07, 6.45) is 1.38. The number of nitrogens with one attached hydrogen (secondary N) is 2. The van der Waals surface area contributed by atoms with Gasteiger partial charge in [0.2, 0.25) is 0 Å². The van der Waals surface area contributed by atoms with Crippen LogP contribution in [0.4, 0.5) is 25.8 Å². The number of nitrogens with zero attached hydrogens (tertiary/aromatic N) is 1. The Kier molecular flexibility index (Phi) is 5.59. The summed E-state index contributed by atoms with van der Waals surface area (Å²) < 4.78 is 31.4. The van der Waals surface area contributed by atoms with Gasteiger partial charge in [-0.15, -0.1) is 0 Å². The molecule has 0 saturated carbocycles. The number of carbonyl (C=O) groups is 2. The van der Waals surface area contributed by atoms with Gasteiger partial charge in [-0.25, -0.2) is 13.6 Å². The Hall–Kier alpha value is -3.81. The van der Waals surface area contributed by atoms with Gasteiger partial charge in [-0.3, -0.25) is 9.78 Å². The predicted molar refractivity (Wildman–Crippen MR) is 99.6 cm³/mol. The van der Waals surface area contributed by atoms with E-state index in [-0.39, 0.29) is 16.9 Å². The highest BCUT2D eigenvalue weighted by Gasteiger charge is 2.12. The van der Waals surface area contributed by atoms with Gasteiger partial charge >= 0.3 is 5.97 Å². The summed E-state index contributed by atoms with van der Waals surface area (Å²) >= 11 is 0. The van der Waals surface area contributed by atoms with Crippen molar-refractivity contribution in [3.8, 4) is 0 Å². The molecule has 0 bridgehead atoms. The number of pyridine rings is 1. The number of rotatable bonds is 5. The number of aromatic nitrogens is 1. The summed E-state index contributed by atoms with van der Waals surface area (Å²) in [5, 5.41) is 5.39. The molecule has 0 aliphatic carbocycles. The quantitative estimate of drug-likeness (QED) is 0.647. The number of methoxy groups -OCH3 is 1. The van der Waals surface area contributed by atoms with Gasteiger partial charge in [0.25, 0.3) is 5.91 Å². The van der Waals surface area contributed by atoms with Crippen LogP contribution < -0.4 is 10.6 Å². The van der Waals surface area contributed by atoms with Gasteiger partial charge in [0.05, 0.1) is 18.4 Å². The van der Waals surface area contributed by atoms with Gasteiger partial charge in [-0.1, -0.05) is 6.07 Å². The van der Waals surface area contributed by atoms with Gasteiger partial charge < -0.3 is 15.4 Å². The van der Waals surface area contributed by atoms with Crippen LogP contribution in [-0.2, 0) is 4.74 Å². The maximum atomic E-state index is 13.8. The fraction of sp³-hybridized carbons (Fsp3) is 0.0500. The summed E-state index contributed by atoms with van der Waals surface area (Å²) in [4.78, 5) is 28.0. The molecule has 1 aromatic heterocycles. The highest BCUT2D eigenvalue weighted by molar-refractivity contribution is 6.04. The summed E-state index contributed by atoms with van der Waals surface area (Å²) in [6, 6.07) is 12.3. The van der Waals surface area contributed by atoms with E-state index < -0.39 is 23.5 Å². The molecule has 3 rings (SSSR count). The Morgan fingerprint density at radius 1 is 1.00 bits per heavy atom. The summed E-state index contributed by atoms with van der Waals surface area (Å²) in [5.41, 5.74) is 1.20. The minimum absolute atomic E-state index is 0.0599. The average molecular weight is 383 g/mol. The Morgan fingerprint density at radius 2 is 1.82 bits per heavy atom. The summed E-state index contributed by atoms with van der Waals surface area (Å²) in [7, 11) is 1.26. The molecule has 142 valence electrons. The molecule has 6 nitrogen and oxygen atoms in total. The maximum Gasteiger partial charge on any atom is 0.337 e. The molecule has 1 heterocycles. The topological polar surface area (TPSA) is 80.3 Å².